The van der Waals surface area contributed by atoms with Crippen LogP contribution in [0, 0.1) is 0 Å². The number of rotatable bonds is 6. The van der Waals surface area contributed by atoms with Crippen molar-refractivity contribution in [2.45, 2.75) is 56.9 Å². The standard InChI is InChI=1S/C19H29N3O3S/c1-3-17-6-4-5-11-21(17)13-10-20-26(24,25)18-7-8-19-16(14-18)9-12-22(19)15(2)23/h7-8,14,17,20H,3-6,9-13H2,1-2H3/t17-/m1/s1. The van der Waals surface area contributed by atoms with E-state index < -0.39 is 10.0 Å². The highest BCUT2D eigenvalue weighted by molar-refractivity contribution is 7.89. The van der Waals surface area contributed by atoms with Crippen LogP contribution in [0.3, 0.4) is 0 Å². The van der Waals surface area contributed by atoms with Gasteiger partial charge in [-0.05, 0) is 56.0 Å². The molecule has 1 aromatic rings. The van der Waals surface area contributed by atoms with E-state index in [2.05, 4.69) is 16.5 Å². The second-order valence-corrected chi connectivity index (χ2v) is 8.97. The summed E-state index contributed by atoms with van der Waals surface area (Å²) in [6.45, 7) is 6.58. The van der Waals surface area contributed by atoms with Gasteiger partial charge in [-0.3, -0.25) is 9.69 Å². The highest BCUT2D eigenvalue weighted by Gasteiger charge is 2.25. The van der Waals surface area contributed by atoms with E-state index in [0.717, 1.165) is 30.8 Å². The van der Waals surface area contributed by atoms with Crippen LogP contribution in [0.25, 0.3) is 0 Å². The second-order valence-electron chi connectivity index (χ2n) is 7.20. The summed E-state index contributed by atoms with van der Waals surface area (Å²) in [4.78, 5) is 16.0. The first-order valence-electron chi connectivity index (χ1n) is 9.57. The van der Waals surface area contributed by atoms with Crippen molar-refractivity contribution >= 4 is 21.6 Å². The number of nitrogens with zero attached hydrogens (tertiary/aromatic N) is 2. The molecule has 0 bridgehead atoms. The molecule has 1 atom stereocenters. The molecule has 2 aliphatic rings. The predicted molar refractivity (Wildman–Crippen MR) is 103 cm³/mol. The smallest absolute Gasteiger partial charge is 0.240 e. The molecule has 0 saturated carbocycles. The van der Waals surface area contributed by atoms with Gasteiger partial charge in [0.05, 0.1) is 4.90 Å². The summed E-state index contributed by atoms with van der Waals surface area (Å²) in [5, 5.41) is 0. The van der Waals surface area contributed by atoms with Crippen LogP contribution in [0.5, 0.6) is 0 Å². The lowest BCUT2D eigenvalue weighted by atomic mass is 10.0. The van der Waals surface area contributed by atoms with E-state index in [1.54, 1.807) is 23.1 Å². The summed E-state index contributed by atoms with van der Waals surface area (Å²) in [6.07, 6.45) is 5.49. The number of benzene rings is 1. The lowest BCUT2D eigenvalue weighted by molar-refractivity contribution is -0.116. The molecule has 0 spiro atoms. The predicted octanol–water partition coefficient (Wildman–Crippen LogP) is 2.14. The van der Waals surface area contributed by atoms with Gasteiger partial charge in [-0.2, -0.15) is 0 Å². The van der Waals surface area contributed by atoms with Gasteiger partial charge in [0.1, 0.15) is 0 Å². The van der Waals surface area contributed by atoms with Crippen molar-refractivity contribution in [2.75, 3.05) is 31.1 Å². The van der Waals surface area contributed by atoms with Gasteiger partial charge in [-0.15, -0.1) is 0 Å². The number of nitrogens with one attached hydrogen (secondary N) is 1. The number of carbonyl (C=O) groups is 1. The first kappa shape index (κ1) is 19.3. The molecule has 6 nitrogen and oxygen atoms in total. The van der Waals surface area contributed by atoms with Gasteiger partial charge in [0, 0.05) is 38.3 Å². The summed E-state index contributed by atoms with van der Waals surface area (Å²) in [7, 11) is -3.52. The minimum Gasteiger partial charge on any atom is -0.312 e. The molecule has 1 fully saturated rings. The van der Waals surface area contributed by atoms with Crippen LogP contribution in [-0.4, -0.2) is 51.4 Å². The molecule has 3 rings (SSSR count). The minimum atomic E-state index is -3.52. The lowest BCUT2D eigenvalue weighted by Crippen LogP contribution is -2.43. The van der Waals surface area contributed by atoms with Crippen molar-refractivity contribution < 1.29 is 13.2 Å². The molecule has 1 amide bonds. The zero-order valence-electron chi connectivity index (χ0n) is 15.7. The average molecular weight is 380 g/mol. The number of carbonyl (C=O) groups excluding carboxylic acids is 1. The fourth-order valence-electron chi connectivity index (χ4n) is 4.10. The Kier molecular flexibility index (Phi) is 5.99. The van der Waals surface area contributed by atoms with Gasteiger partial charge in [0.15, 0.2) is 0 Å². The average Bonchev–Trinajstić information content (AvgIpc) is 3.05. The Bertz CT molecular complexity index is 763. The van der Waals surface area contributed by atoms with E-state index in [1.807, 2.05) is 0 Å². The third-order valence-corrected chi connectivity index (χ3v) is 7.01. The third-order valence-electron chi connectivity index (χ3n) is 5.55. The van der Waals surface area contributed by atoms with Crippen molar-refractivity contribution in [3.05, 3.63) is 23.8 Å². The fourth-order valence-corrected chi connectivity index (χ4v) is 5.17. The van der Waals surface area contributed by atoms with Crippen LogP contribution in [-0.2, 0) is 21.2 Å². The molecule has 7 heteroatoms. The first-order chi connectivity index (χ1) is 12.4. The lowest BCUT2D eigenvalue weighted by Gasteiger charge is -2.35. The van der Waals surface area contributed by atoms with E-state index in [9.17, 15) is 13.2 Å². The quantitative estimate of drug-likeness (QED) is 0.822. The van der Waals surface area contributed by atoms with Gasteiger partial charge >= 0.3 is 0 Å². The SMILES string of the molecule is CC[C@@H]1CCCCN1CCNS(=O)(=O)c1ccc2c(c1)CCN2C(C)=O. The Labute approximate surface area is 156 Å². The molecule has 0 radical (unpaired) electrons. The van der Waals surface area contributed by atoms with E-state index >= 15 is 0 Å². The maximum Gasteiger partial charge on any atom is 0.240 e. The zero-order valence-corrected chi connectivity index (χ0v) is 16.5. The van der Waals surface area contributed by atoms with E-state index in [4.69, 9.17) is 0 Å². The van der Waals surface area contributed by atoms with Crippen LogP contribution < -0.4 is 9.62 Å². The molecule has 144 valence electrons. The number of sulfonamides is 1. The minimum absolute atomic E-state index is 0.00973. The van der Waals surface area contributed by atoms with E-state index in [-0.39, 0.29) is 10.8 Å². The number of hydrogen-bond donors (Lipinski definition) is 1. The maximum absolute atomic E-state index is 12.6. The Balaban J connectivity index is 1.63. The molecule has 0 aliphatic carbocycles. The maximum atomic E-state index is 12.6. The molecule has 0 unspecified atom stereocenters. The van der Waals surface area contributed by atoms with Crippen molar-refractivity contribution in [1.82, 2.24) is 9.62 Å². The Morgan fingerprint density at radius 3 is 2.81 bits per heavy atom. The number of amides is 1. The third kappa shape index (κ3) is 4.10. The Morgan fingerprint density at radius 2 is 2.08 bits per heavy atom. The van der Waals surface area contributed by atoms with Gasteiger partial charge in [-0.25, -0.2) is 13.1 Å². The number of anilines is 1. The van der Waals surface area contributed by atoms with Gasteiger partial charge in [-0.1, -0.05) is 13.3 Å². The number of hydrogen-bond acceptors (Lipinski definition) is 4. The van der Waals surface area contributed by atoms with Crippen LogP contribution in [0.2, 0.25) is 0 Å². The zero-order chi connectivity index (χ0) is 18.7. The van der Waals surface area contributed by atoms with Crippen LogP contribution in [0.1, 0.15) is 45.1 Å². The van der Waals surface area contributed by atoms with Crippen molar-refractivity contribution in [2.24, 2.45) is 0 Å². The molecule has 26 heavy (non-hydrogen) atoms. The summed E-state index contributed by atoms with van der Waals surface area (Å²) >= 11 is 0. The van der Waals surface area contributed by atoms with Crippen LogP contribution in [0.4, 0.5) is 5.69 Å². The van der Waals surface area contributed by atoms with E-state index in [1.165, 1.54) is 26.2 Å². The van der Waals surface area contributed by atoms with Gasteiger partial charge in [0.2, 0.25) is 15.9 Å². The monoisotopic (exact) mass is 379 g/mol. The normalized spacial score (nSPS) is 21.0. The summed E-state index contributed by atoms with van der Waals surface area (Å²) in [5.41, 5.74) is 1.75. The Hall–Kier alpha value is -1.44. The van der Waals surface area contributed by atoms with Gasteiger partial charge < -0.3 is 4.90 Å². The second kappa shape index (κ2) is 8.06. The molecule has 1 N–H and O–H groups in total. The molecular formula is C19H29N3O3S. The summed E-state index contributed by atoms with van der Waals surface area (Å²) in [5.74, 6) is -0.00973. The van der Waals surface area contributed by atoms with E-state index in [0.29, 0.717) is 25.6 Å². The largest absolute Gasteiger partial charge is 0.312 e. The van der Waals surface area contributed by atoms with Gasteiger partial charge in [0.25, 0.3) is 0 Å². The molecule has 2 heterocycles. The highest BCUT2D eigenvalue weighted by atomic mass is 32.2. The molecule has 1 saturated heterocycles. The molecule has 2 aliphatic heterocycles. The fraction of sp³-hybridized carbons (Fsp3) is 0.632. The number of likely N-dealkylation sites (tertiary alicyclic amines) is 1. The Morgan fingerprint density at radius 1 is 1.27 bits per heavy atom. The van der Waals surface area contributed by atoms with Crippen LogP contribution in [0.15, 0.2) is 23.1 Å². The molecule has 0 aromatic heterocycles. The highest BCUT2D eigenvalue weighted by Crippen LogP contribution is 2.30. The molecular weight excluding hydrogens is 350 g/mol. The first-order valence-corrected chi connectivity index (χ1v) is 11.1. The van der Waals surface area contributed by atoms with Crippen molar-refractivity contribution in [3.8, 4) is 0 Å². The topological polar surface area (TPSA) is 69.7 Å². The summed E-state index contributed by atoms with van der Waals surface area (Å²) in [6, 6.07) is 5.62. The van der Waals surface area contributed by atoms with Crippen molar-refractivity contribution in [3.63, 3.8) is 0 Å². The molecule has 1 aromatic carbocycles. The summed E-state index contributed by atoms with van der Waals surface area (Å²) < 4.78 is 28.0. The van der Waals surface area contributed by atoms with Crippen molar-refractivity contribution in [1.29, 1.82) is 0 Å². The number of piperidine rings is 1. The van der Waals surface area contributed by atoms with Crippen LogP contribution >= 0.6 is 0 Å². The number of fused-ring (bicyclic) bond motifs is 1.